The summed E-state index contributed by atoms with van der Waals surface area (Å²) in [7, 11) is -3.71. The standard InChI is InChI=1S/C19H27N3O3S/c1-6-25-18-7-9-19(10-8-18)26(23,24)21-20-12-17-11-15(4)22(16(17)5)13-14(2)3/h7-12,14,21H,6,13H2,1-5H3/b20-12-. The van der Waals surface area contributed by atoms with Crippen LogP contribution in [0.15, 0.2) is 40.3 Å². The molecule has 1 aromatic heterocycles. The Kier molecular flexibility index (Phi) is 6.47. The van der Waals surface area contributed by atoms with Gasteiger partial charge in [0.15, 0.2) is 0 Å². The molecule has 0 aliphatic rings. The van der Waals surface area contributed by atoms with Gasteiger partial charge in [-0.05, 0) is 57.0 Å². The molecule has 0 spiro atoms. The van der Waals surface area contributed by atoms with Crippen LogP contribution in [0.4, 0.5) is 0 Å². The molecule has 6 nitrogen and oxygen atoms in total. The largest absolute Gasteiger partial charge is 0.494 e. The van der Waals surface area contributed by atoms with Gasteiger partial charge < -0.3 is 9.30 Å². The second kappa shape index (κ2) is 8.40. The van der Waals surface area contributed by atoms with Crippen molar-refractivity contribution in [1.82, 2.24) is 9.40 Å². The van der Waals surface area contributed by atoms with Gasteiger partial charge in [0.2, 0.25) is 0 Å². The van der Waals surface area contributed by atoms with Crippen molar-refractivity contribution in [1.29, 1.82) is 0 Å². The number of hydrogen-bond acceptors (Lipinski definition) is 4. The molecule has 0 radical (unpaired) electrons. The van der Waals surface area contributed by atoms with Crippen LogP contribution in [0.2, 0.25) is 0 Å². The number of nitrogens with one attached hydrogen (secondary N) is 1. The lowest BCUT2D eigenvalue weighted by Gasteiger charge is -2.11. The average molecular weight is 378 g/mol. The van der Waals surface area contributed by atoms with Gasteiger partial charge in [-0.15, -0.1) is 0 Å². The zero-order chi connectivity index (χ0) is 19.3. The van der Waals surface area contributed by atoms with Crippen molar-refractivity contribution in [3.63, 3.8) is 0 Å². The summed E-state index contributed by atoms with van der Waals surface area (Å²) in [6, 6.07) is 8.25. The third-order valence-corrected chi connectivity index (χ3v) is 5.22. The summed E-state index contributed by atoms with van der Waals surface area (Å²) in [6.45, 7) is 11.7. The first-order valence-corrected chi connectivity index (χ1v) is 10.2. The summed E-state index contributed by atoms with van der Waals surface area (Å²) >= 11 is 0. The summed E-state index contributed by atoms with van der Waals surface area (Å²) in [5, 5.41) is 3.94. The molecule has 142 valence electrons. The van der Waals surface area contributed by atoms with Crippen LogP contribution in [0, 0.1) is 19.8 Å². The minimum atomic E-state index is -3.71. The highest BCUT2D eigenvalue weighted by Gasteiger charge is 2.13. The van der Waals surface area contributed by atoms with Crippen molar-refractivity contribution in [3.05, 3.63) is 47.3 Å². The minimum absolute atomic E-state index is 0.142. The summed E-state index contributed by atoms with van der Waals surface area (Å²) in [4.78, 5) is 2.41. The second-order valence-electron chi connectivity index (χ2n) is 6.59. The van der Waals surface area contributed by atoms with Gasteiger partial charge >= 0.3 is 0 Å². The Hall–Kier alpha value is -2.28. The number of ether oxygens (including phenoxy) is 1. The number of hydrogen-bond donors (Lipinski definition) is 1. The molecule has 26 heavy (non-hydrogen) atoms. The molecule has 0 atom stereocenters. The topological polar surface area (TPSA) is 72.7 Å². The first-order valence-electron chi connectivity index (χ1n) is 8.69. The molecule has 0 bridgehead atoms. The lowest BCUT2D eigenvalue weighted by atomic mass is 10.2. The predicted molar refractivity (Wildman–Crippen MR) is 104 cm³/mol. The first kappa shape index (κ1) is 20.0. The van der Waals surface area contributed by atoms with E-state index in [1.807, 2.05) is 26.8 Å². The van der Waals surface area contributed by atoms with Crippen LogP contribution < -0.4 is 9.57 Å². The highest BCUT2D eigenvalue weighted by Crippen LogP contribution is 2.17. The van der Waals surface area contributed by atoms with E-state index in [1.165, 1.54) is 12.1 Å². The molecule has 0 aliphatic heterocycles. The number of aromatic nitrogens is 1. The summed E-state index contributed by atoms with van der Waals surface area (Å²) in [5.74, 6) is 1.16. The molecule has 0 aliphatic carbocycles. The van der Waals surface area contributed by atoms with E-state index < -0.39 is 10.0 Å². The fourth-order valence-electron chi connectivity index (χ4n) is 2.70. The van der Waals surface area contributed by atoms with Crippen molar-refractivity contribution in [3.8, 4) is 5.75 Å². The Balaban J connectivity index is 2.12. The molecular weight excluding hydrogens is 350 g/mol. The van der Waals surface area contributed by atoms with Crippen molar-refractivity contribution < 1.29 is 13.2 Å². The van der Waals surface area contributed by atoms with Gasteiger partial charge in [0.05, 0.1) is 17.7 Å². The lowest BCUT2D eigenvalue weighted by molar-refractivity contribution is 0.340. The van der Waals surface area contributed by atoms with Crippen LogP contribution in [-0.4, -0.2) is 25.8 Å². The molecule has 1 N–H and O–H groups in total. The van der Waals surface area contributed by atoms with Crippen LogP contribution in [0.3, 0.4) is 0 Å². The SMILES string of the molecule is CCOc1ccc(S(=O)(=O)N/N=C\c2cc(C)n(CC(C)C)c2C)cc1. The van der Waals surface area contributed by atoms with E-state index in [9.17, 15) is 8.42 Å². The smallest absolute Gasteiger partial charge is 0.276 e. The summed E-state index contributed by atoms with van der Waals surface area (Å²) in [5.41, 5.74) is 3.10. The van der Waals surface area contributed by atoms with Crippen molar-refractivity contribution in [2.45, 2.75) is 46.1 Å². The third kappa shape index (κ3) is 4.88. The fourth-order valence-corrected chi connectivity index (χ4v) is 3.50. The number of aryl methyl sites for hydroxylation is 1. The normalized spacial score (nSPS) is 12.1. The van der Waals surface area contributed by atoms with Gasteiger partial charge in [0, 0.05) is 23.5 Å². The Labute approximate surface area is 155 Å². The third-order valence-electron chi connectivity index (χ3n) is 3.98. The molecule has 0 unspecified atom stereocenters. The Bertz CT molecular complexity index is 866. The van der Waals surface area contributed by atoms with Crippen molar-refractivity contribution in [2.75, 3.05) is 6.61 Å². The van der Waals surface area contributed by atoms with Crippen LogP contribution in [0.1, 0.15) is 37.7 Å². The van der Waals surface area contributed by atoms with Crippen LogP contribution in [0.25, 0.3) is 0 Å². The molecule has 1 aromatic carbocycles. The maximum atomic E-state index is 12.3. The maximum Gasteiger partial charge on any atom is 0.276 e. The van der Waals surface area contributed by atoms with Gasteiger partial charge in [-0.3, -0.25) is 0 Å². The fraction of sp³-hybridized carbons (Fsp3) is 0.421. The molecule has 0 fully saturated rings. The zero-order valence-electron chi connectivity index (χ0n) is 16.0. The van der Waals surface area contributed by atoms with Crippen molar-refractivity contribution in [2.24, 2.45) is 11.0 Å². The van der Waals surface area contributed by atoms with Gasteiger partial charge in [-0.1, -0.05) is 13.8 Å². The maximum absolute atomic E-state index is 12.3. The predicted octanol–water partition coefficient (Wildman–Crippen LogP) is 3.47. The average Bonchev–Trinajstić information content (AvgIpc) is 2.83. The zero-order valence-corrected chi connectivity index (χ0v) is 16.8. The van der Waals surface area contributed by atoms with E-state index in [2.05, 4.69) is 28.3 Å². The van der Waals surface area contributed by atoms with Gasteiger partial charge in [0.1, 0.15) is 5.75 Å². The van der Waals surface area contributed by atoms with E-state index in [4.69, 9.17) is 4.74 Å². The number of rotatable bonds is 8. The van der Waals surface area contributed by atoms with E-state index >= 15 is 0 Å². The minimum Gasteiger partial charge on any atom is -0.494 e. The molecule has 7 heteroatoms. The molecule has 2 rings (SSSR count). The summed E-state index contributed by atoms with van der Waals surface area (Å²) < 4.78 is 32.2. The quantitative estimate of drug-likeness (QED) is 0.565. The number of nitrogens with zero attached hydrogens (tertiary/aromatic N) is 2. The highest BCUT2D eigenvalue weighted by molar-refractivity contribution is 7.89. The Morgan fingerprint density at radius 3 is 2.46 bits per heavy atom. The van der Waals surface area contributed by atoms with Crippen LogP contribution >= 0.6 is 0 Å². The van der Waals surface area contributed by atoms with Gasteiger partial charge in [0.25, 0.3) is 10.0 Å². The molecule has 0 saturated carbocycles. The number of benzene rings is 1. The Morgan fingerprint density at radius 1 is 1.23 bits per heavy atom. The van der Waals surface area contributed by atoms with Gasteiger partial charge in [-0.25, -0.2) is 4.83 Å². The van der Waals surface area contributed by atoms with E-state index in [-0.39, 0.29) is 4.90 Å². The van der Waals surface area contributed by atoms with E-state index in [1.54, 1.807) is 18.3 Å². The first-order chi connectivity index (χ1) is 12.2. The van der Waals surface area contributed by atoms with Crippen LogP contribution in [0.5, 0.6) is 5.75 Å². The van der Waals surface area contributed by atoms with Crippen molar-refractivity contribution >= 4 is 16.2 Å². The molecular formula is C19H27N3O3S. The molecule has 0 saturated heterocycles. The lowest BCUT2D eigenvalue weighted by Crippen LogP contribution is -2.18. The second-order valence-corrected chi connectivity index (χ2v) is 8.25. The van der Waals surface area contributed by atoms with E-state index in [0.29, 0.717) is 18.3 Å². The van der Waals surface area contributed by atoms with Crippen LogP contribution in [-0.2, 0) is 16.6 Å². The molecule has 1 heterocycles. The molecule has 2 aromatic rings. The highest BCUT2D eigenvalue weighted by atomic mass is 32.2. The Morgan fingerprint density at radius 2 is 1.88 bits per heavy atom. The number of sulfonamides is 1. The monoisotopic (exact) mass is 377 g/mol. The molecule has 0 amide bonds. The number of hydrazone groups is 1. The van der Waals surface area contributed by atoms with E-state index in [0.717, 1.165) is 23.5 Å². The van der Waals surface area contributed by atoms with Gasteiger partial charge in [-0.2, -0.15) is 13.5 Å². The summed E-state index contributed by atoms with van der Waals surface area (Å²) in [6.07, 6.45) is 1.55.